The fourth-order valence-corrected chi connectivity index (χ4v) is 3.64. The van der Waals surface area contributed by atoms with Crippen LogP contribution in [-0.2, 0) is 9.59 Å². The summed E-state index contributed by atoms with van der Waals surface area (Å²) in [6, 6.07) is 9.74. The first-order valence-electron chi connectivity index (χ1n) is 9.69. The summed E-state index contributed by atoms with van der Waals surface area (Å²) < 4.78 is 5.61. The molecule has 2 fully saturated rings. The lowest BCUT2D eigenvalue weighted by molar-refractivity contribution is -0.136. The van der Waals surface area contributed by atoms with E-state index in [0.29, 0.717) is 19.6 Å². The molecule has 2 N–H and O–H groups in total. The second-order valence-electron chi connectivity index (χ2n) is 7.14. The number of benzene rings is 1. The van der Waals surface area contributed by atoms with Crippen molar-refractivity contribution in [3.8, 4) is 5.75 Å². The van der Waals surface area contributed by atoms with Crippen LogP contribution in [-0.4, -0.2) is 55.5 Å². The van der Waals surface area contributed by atoms with Crippen LogP contribution in [0.5, 0.6) is 5.75 Å². The molecule has 27 heavy (non-hydrogen) atoms. The molecule has 2 aliphatic heterocycles. The molecule has 1 unspecified atom stereocenters. The van der Waals surface area contributed by atoms with Gasteiger partial charge >= 0.3 is 0 Å². The summed E-state index contributed by atoms with van der Waals surface area (Å²) in [5, 5.41) is 6.46. The number of amides is 2. The van der Waals surface area contributed by atoms with Crippen molar-refractivity contribution in [1.82, 2.24) is 15.5 Å². The predicted molar refractivity (Wildman–Crippen MR) is 107 cm³/mol. The number of rotatable bonds is 6. The van der Waals surface area contributed by atoms with Gasteiger partial charge in [-0.1, -0.05) is 18.2 Å². The van der Waals surface area contributed by atoms with Crippen molar-refractivity contribution < 1.29 is 14.3 Å². The number of carbonyl (C=O) groups is 2. The van der Waals surface area contributed by atoms with Gasteiger partial charge in [-0.15, -0.1) is 12.4 Å². The van der Waals surface area contributed by atoms with E-state index in [1.165, 1.54) is 0 Å². The fourth-order valence-electron chi connectivity index (χ4n) is 3.64. The zero-order valence-corrected chi connectivity index (χ0v) is 16.5. The number of likely N-dealkylation sites (tertiary alicyclic amines) is 1. The van der Waals surface area contributed by atoms with Crippen molar-refractivity contribution in [1.29, 1.82) is 0 Å². The van der Waals surface area contributed by atoms with Gasteiger partial charge in [0.1, 0.15) is 5.75 Å². The zero-order chi connectivity index (χ0) is 18.2. The zero-order valence-electron chi connectivity index (χ0n) is 15.7. The van der Waals surface area contributed by atoms with E-state index in [4.69, 9.17) is 4.74 Å². The quantitative estimate of drug-likeness (QED) is 0.772. The molecule has 3 rings (SSSR count). The van der Waals surface area contributed by atoms with Crippen LogP contribution in [0.15, 0.2) is 30.3 Å². The molecule has 2 saturated heterocycles. The third-order valence-electron chi connectivity index (χ3n) is 5.12. The van der Waals surface area contributed by atoms with Crippen LogP contribution >= 0.6 is 12.4 Å². The molecule has 7 heteroatoms. The van der Waals surface area contributed by atoms with E-state index in [2.05, 4.69) is 10.6 Å². The van der Waals surface area contributed by atoms with E-state index in [9.17, 15) is 9.59 Å². The SMILES string of the molecule is Cl.O=C(N[C@H]1CCCNC1)C1CCCN(C(=O)CCOc2ccccc2)C1. The number of para-hydroxylation sites is 1. The maximum atomic E-state index is 12.5. The first-order chi connectivity index (χ1) is 12.7. The number of halogens is 1. The Morgan fingerprint density at radius 3 is 2.74 bits per heavy atom. The smallest absolute Gasteiger partial charge is 0.226 e. The van der Waals surface area contributed by atoms with Gasteiger partial charge in [-0.3, -0.25) is 9.59 Å². The van der Waals surface area contributed by atoms with Gasteiger partial charge in [0.2, 0.25) is 11.8 Å². The van der Waals surface area contributed by atoms with Crippen molar-refractivity contribution in [3.05, 3.63) is 30.3 Å². The van der Waals surface area contributed by atoms with Crippen LogP contribution in [0.1, 0.15) is 32.1 Å². The lowest BCUT2D eigenvalue weighted by Crippen LogP contribution is -2.51. The Morgan fingerprint density at radius 2 is 2.00 bits per heavy atom. The van der Waals surface area contributed by atoms with Crippen molar-refractivity contribution >= 4 is 24.2 Å². The van der Waals surface area contributed by atoms with Crippen LogP contribution in [0.3, 0.4) is 0 Å². The molecule has 0 saturated carbocycles. The highest BCUT2D eigenvalue weighted by molar-refractivity contribution is 5.85. The minimum Gasteiger partial charge on any atom is -0.493 e. The Labute approximate surface area is 167 Å². The van der Waals surface area contributed by atoms with E-state index in [1.54, 1.807) is 0 Å². The van der Waals surface area contributed by atoms with Crippen LogP contribution in [0.25, 0.3) is 0 Å². The molecule has 0 spiro atoms. The minimum absolute atomic E-state index is 0. The lowest BCUT2D eigenvalue weighted by Gasteiger charge is -2.33. The first kappa shape index (κ1) is 21.5. The minimum atomic E-state index is -0.0929. The summed E-state index contributed by atoms with van der Waals surface area (Å²) in [5.74, 6) is 0.844. The van der Waals surface area contributed by atoms with Gasteiger partial charge in [0, 0.05) is 25.7 Å². The average Bonchev–Trinajstić information content (AvgIpc) is 2.69. The highest BCUT2D eigenvalue weighted by Crippen LogP contribution is 2.18. The summed E-state index contributed by atoms with van der Waals surface area (Å²) >= 11 is 0. The van der Waals surface area contributed by atoms with Crippen LogP contribution < -0.4 is 15.4 Å². The van der Waals surface area contributed by atoms with Crippen LogP contribution in [0.2, 0.25) is 0 Å². The van der Waals surface area contributed by atoms with Gasteiger partial charge in [-0.2, -0.15) is 0 Å². The van der Waals surface area contributed by atoms with Crippen molar-refractivity contribution in [2.45, 2.75) is 38.1 Å². The first-order valence-corrected chi connectivity index (χ1v) is 9.69. The second-order valence-corrected chi connectivity index (χ2v) is 7.14. The molecule has 1 aromatic rings. The highest BCUT2D eigenvalue weighted by atomic mass is 35.5. The summed E-state index contributed by atoms with van der Waals surface area (Å²) in [4.78, 5) is 26.8. The van der Waals surface area contributed by atoms with Crippen molar-refractivity contribution in [3.63, 3.8) is 0 Å². The molecule has 2 atom stereocenters. The number of hydrogen-bond donors (Lipinski definition) is 2. The van der Waals surface area contributed by atoms with E-state index >= 15 is 0 Å². The molecule has 0 aliphatic carbocycles. The Bertz CT molecular complexity index is 593. The van der Waals surface area contributed by atoms with Crippen molar-refractivity contribution in [2.24, 2.45) is 5.92 Å². The molecule has 0 radical (unpaired) electrons. The molecular weight excluding hydrogens is 366 g/mol. The van der Waals surface area contributed by atoms with Gasteiger partial charge in [0.05, 0.1) is 18.9 Å². The van der Waals surface area contributed by atoms with Gasteiger partial charge in [0.15, 0.2) is 0 Å². The largest absolute Gasteiger partial charge is 0.493 e. The summed E-state index contributed by atoms with van der Waals surface area (Å²) in [6.45, 7) is 3.50. The van der Waals surface area contributed by atoms with Gasteiger partial charge in [0.25, 0.3) is 0 Å². The van der Waals surface area contributed by atoms with Crippen LogP contribution in [0.4, 0.5) is 0 Å². The van der Waals surface area contributed by atoms with Crippen molar-refractivity contribution in [2.75, 3.05) is 32.8 Å². The third kappa shape index (κ3) is 6.70. The molecular formula is C20H30ClN3O3. The van der Waals surface area contributed by atoms with Gasteiger partial charge in [-0.25, -0.2) is 0 Å². The summed E-state index contributed by atoms with van der Waals surface area (Å²) in [7, 11) is 0. The number of ether oxygens (including phenoxy) is 1. The molecule has 2 amide bonds. The monoisotopic (exact) mass is 395 g/mol. The second kappa shape index (κ2) is 11.1. The Kier molecular flexibility index (Phi) is 8.88. The number of piperidine rings is 2. The van der Waals surface area contributed by atoms with Gasteiger partial charge < -0.3 is 20.3 Å². The lowest BCUT2D eigenvalue weighted by atomic mass is 9.96. The van der Waals surface area contributed by atoms with E-state index < -0.39 is 0 Å². The van der Waals surface area contributed by atoms with E-state index in [0.717, 1.165) is 51.1 Å². The Morgan fingerprint density at radius 1 is 1.19 bits per heavy atom. The fraction of sp³-hybridized carbons (Fsp3) is 0.600. The number of nitrogens with one attached hydrogen (secondary N) is 2. The summed E-state index contributed by atoms with van der Waals surface area (Å²) in [5.41, 5.74) is 0. The molecule has 1 aromatic carbocycles. The number of nitrogens with zero attached hydrogens (tertiary/aromatic N) is 1. The molecule has 2 aliphatic rings. The molecule has 150 valence electrons. The van der Waals surface area contributed by atoms with E-state index in [-0.39, 0.29) is 36.2 Å². The average molecular weight is 396 g/mol. The molecule has 0 aromatic heterocycles. The normalized spacial score (nSPS) is 22.4. The predicted octanol–water partition coefficient (Wildman–Crippen LogP) is 1.98. The third-order valence-corrected chi connectivity index (χ3v) is 5.12. The maximum absolute atomic E-state index is 12.5. The topological polar surface area (TPSA) is 70.7 Å². The molecule has 6 nitrogen and oxygen atoms in total. The molecule has 2 heterocycles. The van der Waals surface area contributed by atoms with Crippen LogP contribution in [0, 0.1) is 5.92 Å². The highest BCUT2D eigenvalue weighted by Gasteiger charge is 2.29. The Balaban J connectivity index is 0.00000261. The maximum Gasteiger partial charge on any atom is 0.226 e. The number of hydrogen-bond acceptors (Lipinski definition) is 4. The van der Waals surface area contributed by atoms with Gasteiger partial charge in [-0.05, 0) is 44.4 Å². The Hall–Kier alpha value is -1.79. The molecule has 0 bridgehead atoms. The van der Waals surface area contributed by atoms with E-state index in [1.807, 2.05) is 35.2 Å². The summed E-state index contributed by atoms with van der Waals surface area (Å²) in [6.07, 6.45) is 4.21. The standard InChI is InChI=1S/C20H29N3O3.ClH/c24-19(10-13-26-18-8-2-1-3-9-18)23-12-5-6-16(15-23)20(25)22-17-7-4-11-21-14-17;/h1-3,8-9,16-17,21H,4-7,10-15H2,(H,22,25);1H/t16?,17-;/m0./s1. The number of carbonyl (C=O) groups excluding carboxylic acids is 2.